The summed E-state index contributed by atoms with van der Waals surface area (Å²) in [4.78, 5) is 27.1. The molecule has 30 heavy (non-hydrogen) atoms. The minimum Gasteiger partial charge on any atom is -0.504 e. The maximum atomic E-state index is 13.0. The second-order valence-corrected chi connectivity index (χ2v) is 6.94. The largest absolute Gasteiger partial charge is 0.504 e. The number of rotatable bonds is 5. The number of ether oxygens (including phenoxy) is 2. The molecule has 4 N–H and O–H groups in total. The van der Waals surface area contributed by atoms with Gasteiger partial charge in [-0.1, -0.05) is 6.07 Å². The summed E-state index contributed by atoms with van der Waals surface area (Å²) in [5, 5.41) is 31.4. The molecule has 0 radical (unpaired) electrons. The number of benzene rings is 2. The van der Waals surface area contributed by atoms with E-state index < -0.39 is 23.2 Å². The van der Waals surface area contributed by atoms with Gasteiger partial charge in [-0.3, -0.25) is 9.59 Å². The highest BCUT2D eigenvalue weighted by molar-refractivity contribution is 6.00. The van der Waals surface area contributed by atoms with Crippen LogP contribution < -0.4 is 14.8 Å². The van der Waals surface area contributed by atoms with E-state index in [1.165, 1.54) is 14.2 Å². The van der Waals surface area contributed by atoms with Crippen LogP contribution in [0, 0.1) is 0 Å². The summed E-state index contributed by atoms with van der Waals surface area (Å²) in [7, 11) is 2.98. The molecule has 0 atom stereocenters. The third kappa shape index (κ3) is 4.19. The van der Waals surface area contributed by atoms with Crippen molar-refractivity contribution in [3.8, 4) is 28.7 Å². The number of likely N-dealkylation sites (tertiary alicyclic amines) is 1. The van der Waals surface area contributed by atoms with Gasteiger partial charge in [-0.15, -0.1) is 0 Å². The molecule has 2 aromatic carbocycles. The van der Waals surface area contributed by atoms with E-state index in [0.717, 1.165) is 12.1 Å². The van der Waals surface area contributed by atoms with Crippen LogP contribution >= 0.6 is 0 Å². The monoisotopic (exact) mass is 416 g/mol. The van der Waals surface area contributed by atoms with Crippen molar-refractivity contribution >= 4 is 11.8 Å². The predicted molar refractivity (Wildman–Crippen MR) is 107 cm³/mol. The number of phenols is 3. The van der Waals surface area contributed by atoms with Crippen LogP contribution in [0.1, 0.15) is 33.6 Å². The topological polar surface area (TPSA) is 129 Å². The van der Waals surface area contributed by atoms with Crippen molar-refractivity contribution < 1.29 is 34.4 Å². The van der Waals surface area contributed by atoms with Crippen molar-refractivity contribution in [1.82, 2.24) is 10.2 Å². The molecule has 9 heteroatoms. The molecule has 0 saturated carbocycles. The summed E-state index contributed by atoms with van der Waals surface area (Å²) < 4.78 is 10.6. The van der Waals surface area contributed by atoms with Crippen molar-refractivity contribution in [2.24, 2.45) is 0 Å². The van der Waals surface area contributed by atoms with Gasteiger partial charge in [0, 0.05) is 24.7 Å². The maximum Gasteiger partial charge on any atom is 0.261 e. The van der Waals surface area contributed by atoms with E-state index in [1.54, 1.807) is 23.1 Å². The predicted octanol–water partition coefficient (Wildman–Crippen LogP) is 1.86. The van der Waals surface area contributed by atoms with Crippen LogP contribution in [0.4, 0.5) is 0 Å². The Morgan fingerprint density at radius 2 is 1.53 bits per heavy atom. The number of hydrogen-bond donors (Lipinski definition) is 4. The summed E-state index contributed by atoms with van der Waals surface area (Å²) >= 11 is 0. The molecular weight excluding hydrogens is 392 g/mol. The van der Waals surface area contributed by atoms with Crippen LogP contribution in [-0.4, -0.2) is 65.4 Å². The first-order valence-electron chi connectivity index (χ1n) is 9.41. The van der Waals surface area contributed by atoms with E-state index in [-0.39, 0.29) is 17.5 Å². The van der Waals surface area contributed by atoms with Crippen molar-refractivity contribution in [3.05, 3.63) is 41.5 Å². The van der Waals surface area contributed by atoms with Crippen LogP contribution in [0.3, 0.4) is 0 Å². The molecule has 0 bridgehead atoms. The van der Waals surface area contributed by atoms with Gasteiger partial charge in [-0.05, 0) is 37.1 Å². The number of nitrogens with zero attached hydrogens (tertiary/aromatic N) is 1. The lowest BCUT2D eigenvalue weighted by atomic mass is 10.0. The Morgan fingerprint density at radius 3 is 2.03 bits per heavy atom. The smallest absolute Gasteiger partial charge is 0.261 e. The standard InChI is InChI=1S/C21H24N2O7/c1-29-16-4-3-5-17(30-2)18(16)21(28)23-8-6-13(7-9-23)22-20(27)12-10-14(24)19(26)15(25)11-12/h3-5,10-11,13,24-26H,6-9H2,1-2H3,(H,22,27). The van der Waals surface area contributed by atoms with Crippen LogP contribution in [-0.2, 0) is 0 Å². The minimum atomic E-state index is -0.676. The average Bonchev–Trinajstić information content (AvgIpc) is 2.76. The Labute approximate surface area is 173 Å². The lowest BCUT2D eigenvalue weighted by molar-refractivity contribution is 0.0691. The third-order valence-electron chi connectivity index (χ3n) is 5.09. The molecule has 2 aromatic rings. The summed E-state index contributed by atoms with van der Waals surface area (Å²) in [6, 6.07) is 7.12. The lowest BCUT2D eigenvalue weighted by Crippen LogP contribution is -2.46. The van der Waals surface area contributed by atoms with Crippen molar-refractivity contribution in [3.63, 3.8) is 0 Å². The highest BCUT2D eigenvalue weighted by Crippen LogP contribution is 2.35. The van der Waals surface area contributed by atoms with E-state index >= 15 is 0 Å². The molecule has 9 nitrogen and oxygen atoms in total. The second kappa shape index (κ2) is 8.81. The molecular formula is C21H24N2O7. The van der Waals surface area contributed by atoms with Gasteiger partial charge in [-0.25, -0.2) is 0 Å². The zero-order chi connectivity index (χ0) is 21.8. The number of hydrogen-bond acceptors (Lipinski definition) is 7. The normalized spacial score (nSPS) is 14.3. The quantitative estimate of drug-likeness (QED) is 0.548. The first-order valence-corrected chi connectivity index (χ1v) is 9.41. The Kier molecular flexibility index (Phi) is 6.20. The Bertz CT molecular complexity index is 907. The first-order chi connectivity index (χ1) is 14.3. The van der Waals surface area contributed by atoms with E-state index in [2.05, 4.69) is 5.32 Å². The number of piperidine rings is 1. The van der Waals surface area contributed by atoms with Gasteiger partial charge in [0.05, 0.1) is 14.2 Å². The molecule has 3 rings (SSSR count). The van der Waals surface area contributed by atoms with Gasteiger partial charge in [0.15, 0.2) is 17.2 Å². The molecule has 0 spiro atoms. The first kappa shape index (κ1) is 21.1. The molecule has 1 aliphatic rings. The Hall–Kier alpha value is -3.62. The number of carbonyl (C=O) groups is 2. The fourth-order valence-electron chi connectivity index (χ4n) is 3.45. The van der Waals surface area contributed by atoms with Gasteiger partial charge < -0.3 is 35.0 Å². The van der Waals surface area contributed by atoms with E-state index in [0.29, 0.717) is 43.0 Å². The number of aromatic hydroxyl groups is 3. The van der Waals surface area contributed by atoms with Crippen molar-refractivity contribution in [2.75, 3.05) is 27.3 Å². The summed E-state index contributed by atoms with van der Waals surface area (Å²) in [5.41, 5.74) is 0.389. The van der Waals surface area contributed by atoms with Crippen LogP contribution in [0.15, 0.2) is 30.3 Å². The Balaban J connectivity index is 1.64. The molecule has 0 unspecified atom stereocenters. The number of amides is 2. The molecule has 0 aliphatic carbocycles. The zero-order valence-electron chi connectivity index (χ0n) is 16.7. The highest BCUT2D eigenvalue weighted by Gasteiger charge is 2.28. The van der Waals surface area contributed by atoms with Crippen LogP contribution in [0.5, 0.6) is 28.7 Å². The number of carbonyl (C=O) groups excluding carboxylic acids is 2. The SMILES string of the molecule is COc1cccc(OC)c1C(=O)N1CCC(NC(=O)c2cc(O)c(O)c(O)c2)CC1. The second-order valence-electron chi connectivity index (χ2n) is 6.94. The molecule has 160 valence electrons. The summed E-state index contributed by atoms with van der Waals surface area (Å²) in [5.74, 6) is -1.66. The van der Waals surface area contributed by atoms with Gasteiger partial charge in [-0.2, -0.15) is 0 Å². The fraction of sp³-hybridized carbons (Fsp3) is 0.333. The van der Waals surface area contributed by atoms with Gasteiger partial charge in [0.25, 0.3) is 11.8 Å². The lowest BCUT2D eigenvalue weighted by Gasteiger charge is -2.33. The molecule has 2 amide bonds. The van der Waals surface area contributed by atoms with Crippen molar-refractivity contribution in [2.45, 2.75) is 18.9 Å². The van der Waals surface area contributed by atoms with E-state index in [4.69, 9.17) is 9.47 Å². The number of methoxy groups -OCH3 is 2. The van der Waals surface area contributed by atoms with Gasteiger partial charge in [0.2, 0.25) is 0 Å². The van der Waals surface area contributed by atoms with Crippen LogP contribution in [0.25, 0.3) is 0 Å². The van der Waals surface area contributed by atoms with Crippen LogP contribution in [0.2, 0.25) is 0 Å². The summed E-state index contributed by atoms with van der Waals surface area (Å²) in [6.45, 7) is 0.855. The molecule has 0 aromatic heterocycles. The highest BCUT2D eigenvalue weighted by atomic mass is 16.5. The van der Waals surface area contributed by atoms with Gasteiger partial charge >= 0.3 is 0 Å². The zero-order valence-corrected chi connectivity index (χ0v) is 16.7. The Morgan fingerprint density at radius 1 is 1.00 bits per heavy atom. The van der Waals surface area contributed by atoms with Crippen molar-refractivity contribution in [1.29, 1.82) is 0 Å². The molecule has 1 heterocycles. The number of phenolic OH excluding ortho intramolecular Hbond substituents is 3. The minimum absolute atomic E-state index is 0.0278. The van der Waals surface area contributed by atoms with Gasteiger partial charge in [0.1, 0.15) is 17.1 Å². The number of nitrogens with one attached hydrogen (secondary N) is 1. The summed E-state index contributed by atoms with van der Waals surface area (Å²) in [6.07, 6.45) is 1.07. The third-order valence-corrected chi connectivity index (χ3v) is 5.09. The molecule has 1 saturated heterocycles. The van der Waals surface area contributed by atoms with E-state index in [9.17, 15) is 24.9 Å². The molecule has 1 aliphatic heterocycles. The fourth-order valence-corrected chi connectivity index (χ4v) is 3.45. The van der Waals surface area contributed by atoms with E-state index in [1.807, 2.05) is 0 Å². The average molecular weight is 416 g/mol. The maximum absolute atomic E-state index is 13.0. The molecule has 1 fully saturated rings.